The molecule has 1 aliphatic carbocycles. The molecule has 4 rings (SSSR count). The fourth-order valence-corrected chi connectivity index (χ4v) is 3.78. The van der Waals surface area contributed by atoms with E-state index in [0.29, 0.717) is 11.4 Å². The van der Waals surface area contributed by atoms with Gasteiger partial charge in [0.2, 0.25) is 0 Å². The maximum absolute atomic E-state index is 13.1. The van der Waals surface area contributed by atoms with E-state index in [2.05, 4.69) is 22.8 Å². The molecule has 0 saturated carbocycles. The summed E-state index contributed by atoms with van der Waals surface area (Å²) in [7, 11) is 0. The summed E-state index contributed by atoms with van der Waals surface area (Å²) in [5.74, 6) is 0.558. The van der Waals surface area contributed by atoms with E-state index in [-0.39, 0.29) is 11.7 Å². The third-order valence-electron chi connectivity index (χ3n) is 5.34. The fourth-order valence-electron chi connectivity index (χ4n) is 3.78. The molecule has 5 nitrogen and oxygen atoms in total. The normalized spacial score (nSPS) is 14.4. The van der Waals surface area contributed by atoms with Gasteiger partial charge in [0, 0.05) is 23.2 Å². The fraction of sp³-hybridized carbons (Fsp3) is 0.250. The van der Waals surface area contributed by atoms with Crippen molar-refractivity contribution < 1.29 is 13.6 Å². The van der Waals surface area contributed by atoms with Gasteiger partial charge in [-0.1, -0.05) is 25.1 Å². The first-order valence-electron chi connectivity index (χ1n) is 10.2. The first kappa shape index (κ1) is 19.9. The van der Waals surface area contributed by atoms with Crippen LogP contribution in [0.4, 0.5) is 15.8 Å². The van der Waals surface area contributed by atoms with Gasteiger partial charge in [0.15, 0.2) is 5.76 Å². The van der Waals surface area contributed by atoms with Gasteiger partial charge < -0.3 is 9.73 Å². The predicted octanol–water partition coefficient (Wildman–Crippen LogP) is 5.69. The second-order valence-corrected chi connectivity index (χ2v) is 7.35. The van der Waals surface area contributed by atoms with Crippen molar-refractivity contribution in [3.8, 4) is 0 Å². The number of amides is 1. The number of halogens is 1. The number of hydrogen-bond acceptors (Lipinski definition) is 4. The van der Waals surface area contributed by atoms with Crippen LogP contribution in [0.2, 0.25) is 0 Å². The van der Waals surface area contributed by atoms with E-state index >= 15 is 0 Å². The summed E-state index contributed by atoms with van der Waals surface area (Å²) in [6.07, 6.45) is 3.27. The van der Waals surface area contributed by atoms with Crippen LogP contribution in [0.15, 0.2) is 58.0 Å². The average Bonchev–Trinajstić information content (AvgIpc) is 3.11. The Morgan fingerprint density at radius 2 is 1.90 bits per heavy atom. The molecule has 0 bridgehead atoms. The molecule has 6 heteroatoms. The standard InChI is InChI=1S/C24H24FN3O2/c1-3-16-7-4-5-8-19(16)26-24(29)23-15(2)22-20(9-6-10-21(22)30-23)28-27-18-13-11-17(25)12-14-18/h4-5,7-8,11-14,27H,3,6,9-10H2,1-2H3,(H,26,29)/b28-20+. The van der Waals surface area contributed by atoms with Crippen LogP contribution in [0.3, 0.4) is 0 Å². The second kappa shape index (κ2) is 8.53. The van der Waals surface area contributed by atoms with Crippen molar-refractivity contribution in [2.75, 3.05) is 10.7 Å². The Morgan fingerprint density at radius 1 is 1.13 bits per heavy atom. The molecular weight excluding hydrogens is 381 g/mol. The molecule has 154 valence electrons. The summed E-state index contributed by atoms with van der Waals surface area (Å²) >= 11 is 0. The highest BCUT2D eigenvalue weighted by atomic mass is 19.1. The Balaban J connectivity index is 1.60. The van der Waals surface area contributed by atoms with Crippen molar-refractivity contribution >= 4 is 23.0 Å². The lowest BCUT2D eigenvalue weighted by atomic mass is 9.93. The Bertz CT molecular complexity index is 1100. The summed E-state index contributed by atoms with van der Waals surface area (Å²) in [5.41, 5.74) is 8.08. The molecule has 1 amide bonds. The largest absolute Gasteiger partial charge is 0.455 e. The Hall–Kier alpha value is -3.41. The number of furan rings is 1. The van der Waals surface area contributed by atoms with Gasteiger partial charge in [-0.15, -0.1) is 0 Å². The minimum absolute atomic E-state index is 0.256. The zero-order valence-electron chi connectivity index (χ0n) is 17.1. The van der Waals surface area contributed by atoms with Gasteiger partial charge in [-0.2, -0.15) is 5.10 Å². The van der Waals surface area contributed by atoms with Crippen molar-refractivity contribution in [1.82, 2.24) is 0 Å². The van der Waals surface area contributed by atoms with E-state index in [4.69, 9.17) is 4.42 Å². The number of aryl methyl sites for hydroxylation is 2. The number of fused-ring (bicyclic) bond motifs is 1. The quantitative estimate of drug-likeness (QED) is 0.536. The number of carbonyl (C=O) groups is 1. The maximum atomic E-state index is 13.1. The molecular formula is C24H24FN3O2. The number of hydrogen-bond donors (Lipinski definition) is 2. The second-order valence-electron chi connectivity index (χ2n) is 7.35. The molecule has 0 aliphatic heterocycles. The van der Waals surface area contributed by atoms with E-state index in [0.717, 1.165) is 59.5 Å². The zero-order valence-corrected chi connectivity index (χ0v) is 17.1. The van der Waals surface area contributed by atoms with Gasteiger partial charge in [-0.3, -0.25) is 10.2 Å². The van der Waals surface area contributed by atoms with E-state index in [1.807, 2.05) is 31.2 Å². The lowest BCUT2D eigenvalue weighted by Gasteiger charge is -2.13. The van der Waals surface area contributed by atoms with Crippen molar-refractivity contribution in [1.29, 1.82) is 0 Å². The van der Waals surface area contributed by atoms with Crippen molar-refractivity contribution in [3.05, 3.63) is 82.6 Å². The van der Waals surface area contributed by atoms with Crippen LogP contribution in [-0.2, 0) is 12.8 Å². The van der Waals surface area contributed by atoms with Gasteiger partial charge in [0.1, 0.15) is 11.6 Å². The van der Waals surface area contributed by atoms with Crippen LogP contribution >= 0.6 is 0 Å². The van der Waals surface area contributed by atoms with E-state index in [1.165, 1.54) is 12.1 Å². The number of nitrogens with one attached hydrogen (secondary N) is 2. The molecule has 0 radical (unpaired) electrons. The van der Waals surface area contributed by atoms with Crippen LogP contribution in [0.25, 0.3) is 0 Å². The highest BCUT2D eigenvalue weighted by molar-refractivity contribution is 6.09. The molecule has 2 aromatic carbocycles. The molecule has 1 heterocycles. The summed E-state index contributed by atoms with van der Waals surface area (Å²) in [4.78, 5) is 12.9. The SMILES string of the molecule is CCc1ccccc1NC(=O)c1oc2c(c1C)/C(=N/Nc1ccc(F)cc1)CCC2. The minimum Gasteiger partial charge on any atom is -0.455 e. The molecule has 0 atom stereocenters. The molecule has 1 aromatic heterocycles. The van der Waals surface area contributed by atoms with Crippen LogP contribution in [0.1, 0.15) is 52.8 Å². The molecule has 3 aromatic rings. The van der Waals surface area contributed by atoms with Crippen LogP contribution in [0.5, 0.6) is 0 Å². The van der Waals surface area contributed by atoms with Crippen molar-refractivity contribution in [3.63, 3.8) is 0 Å². The van der Waals surface area contributed by atoms with Gasteiger partial charge >= 0.3 is 0 Å². The first-order chi connectivity index (χ1) is 14.6. The third kappa shape index (κ3) is 3.99. The smallest absolute Gasteiger partial charge is 0.291 e. The monoisotopic (exact) mass is 405 g/mol. The summed E-state index contributed by atoms with van der Waals surface area (Å²) in [6, 6.07) is 13.8. The van der Waals surface area contributed by atoms with E-state index in [1.54, 1.807) is 12.1 Å². The average molecular weight is 405 g/mol. The van der Waals surface area contributed by atoms with Crippen LogP contribution in [-0.4, -0.2) is 11.6 Å². The molecule has 0 fully saturated rings. The number of carbonyl (C=O) groups excluding carboxylic acids is 1. The van der Waals surface area contributed by atoms with Gasteiger partial charge in [-0.05, 0) is 62.1 Å². The number of hydrazone groups is 1. The predicted molar refractivity (Wildman–Crippen MR) is 117 cm³/mol. The summed E-state index contributed by atoms with van der Waals surface area (Å²) in [5, 5.41) is 7.50. The lowest BCUT2D eigenvalue weighted by molar-refractivity contribution is 0.0994. The van der Waals surface area contributed by atoms with Crippen molar-refractivity contribution in [2.45, 2.75) is 39.5 Å². The number of anilines is 2. The van der Waals surface area contributed by atoms with Gasteiger partial charge in [0.05, 0.1) is 11.4 Å². The van der Waals surface area contributed by atoms with Crippen LogP contribution < -0.4 is 10.7 Å². The van der Waals surface area contributed by atoms with E-state index < -0.39 is 0 Å². The molecule has 0 spiro atoms. The van der Waals surface area contributed by atoms with Crippen LogP contribution in [0, 0.1) is 12.7 Å². The Kier molecular flexibility index (Phi) is 5.65. The maximum Gasteiger partial charge on any atom is 0.291 e. The number of benzene rings is 2. The zero-order chi connectivity index (χ0) is 21.1. The molecule has 0 unspecified atom stereocenters. The summed E-state index contributed by atoms with van der Waals surface area (Å²) < 4.78 is 19.1. The summed E-state index contributed by atoms with van der Waals surface area (Å²) in [6.45, 7) is 3.94. The molecule has 30 heavy (non-hydrogen) atoms. The topological polar surface area (TPSA) is 66.6 Å². The first-order valence-corrected chi connectivity index (χ1v) is 10.2. The molecule has 1 aliphatic rings. The Labute approximate surface area is 175 Å². The van der Waals surface area contributed by atoms with Gasteiger partial charge in [0.25, 0.3) is 5.91 Å². The van der Waals surface area contributed by atoms with Gasteiger partial charge in [-0.25, -0.2) is 4.39 Å². The lowest BCUT2D eigenvalue weighted by Crippen LogP contribution is -2.15. The Morgan fingerprint density at radius 3 is 2.67 bits per heavy atom. The highest BCUT2D eigenvalue weighted by Gasteiger charge is 2.28. The molecule has 2 N–H and O–H groups in total. The number of rotatable bonds is 5. The third-order valence-corrected chi connectivity index (χ3v) is 5.34. The van der Waals surface area contributed by atoms with Crippen molar-refractivity contribution in [2.24, 2.45) is 5.10 Å². The number of para-hydroxylation sites is 1. The minimum atomic E-state index is -0.292. The van der Waals surface area contributed by atoms with E-state index in [9.17, 15) is 9.18 Å². The highest BCUT2D eigenvalue weighted by Crippen LogP contribution is 2.31. The molecule has 0 saturated heterocycles. The number of nitrogens with zero attached hydrogens (tertiary/aromatic N) is 1.